The van der Waals surface area contributed by atoms with E-state index < -0.39 is 0 Å². The van der Waals surface area contributed by atoms with Crippen LogP contribution in [0.15, 0.2) is 30.5 Å². The van der Waals surface area contributed by atoms with Crippen LogP contribution in [0, 0.1) is 6.92 Å². The molecule has 122 valence electrons. The Morgan fingerprint density at radius 3 is 3.00 bits per heavy atom. The van der Waals surface area contributed by atoms with Gasteiger partial charge < -0.3 is 10.1 Å². The summed E-state index contributed by atoms with van der Waals surface area (Å²) in [6, 6.07) is 8.18. The molecule has 1 aliphatic rings. The third kappa shape index (κ3) is 4.55. The predicted molar refractivity (Wildman–Crippen MR) is 85.9 cm³/mol. The molecule has 23 heavy (non-hydrogen) atoms. The number of rotatable bonds is 6. The summed E-state index contributed by atoms with van der Waals surface area (Å²) in [7, 11) is 0. The molecular weight excluding hydrogens is 292 g/mol. The summed E-state index contributed by atoms with van der Waals surface area (Å²) in [5.74, 6) is 0.798. The largest absolute Gasteiger partial charge is 0.487 e. The van der Waals surface area contributed by atoms with Gasteiger partial charge in [0.2, 0.25) is 5.91 Å². The first-order chi connectivity index (χ1) is 11.2. The summed E-state index contributed by atoms with van der Waals surface area (Å²) in [6.45, 7) is 2.56. The van der Waals surface area contributed by atoms with E-state index in [0.717, 1.165) is 24.2 Å². The normalized spacial score (nSPS) is 14.8. The van der Waals surface area contributed by atoms with E-state index in [0.29, 0.717) is 18.3 Å². The second-order valence-corrected chi connectivity index (χ2v) is 6.06. The van der Waals surface area contributed by atoms with Gasteiger partial charge in [0.25, 0.3) is 0 Å². The molecule has 0 atom stereocenters. The van der Waals surface area contributed by atoms with Crippen molar-refractivity contribution in [3.63, 3.8) is 0 Å². The zero-order chi connectivity index (χ0) is 16.1. The number of nitrogens with zero attached hydrogens (tertiary/aromatic N) is 3. The molecule has 1 N–H and O–H groups in total. The first kappa shape index (κ1) is 15.5. The summed E-state index contributed by atoms with van der Waals surface area (Å²) in [6.07, 6.45) is 6.32. The highest BCUT2D eigenvalue weighted by atomic mass is 16.5. The molecule has 6 heteroatoms. The monoisotopic (exact) mass is 314 g/mol. The van der Waals surface area contributed by atoms with Crippen LogP contribution in [-0.2, 0) is 17.9 Å². The SMILES string of the molecule is Cc1cccc(OCc2cn(CC(=O)NC3CCCC3)nn2)c1. The standard InChI is InChI=1S/C17H22N4O2/c1-13-5-4-8-16(9-13)23-12-15-10-21(20-19-15)11-17(22)18-14-6-2-3-7-14/h4-5,8-10,14H,2-3,6-7,11-12H2,1H3,(H,18,22). The fourth-order valence-electron chi connectivity index (χ4n) is 2.83. The lowest BCUT2D eigenvalue weighted by Crippen LogP contribution is -2.35. The van der Waals surface area contributed by atoms with Crippen LogP contribution in [0.25, 0.3) is 0 Å². The van der Waals surface area contributed by atoms with Crippen LogP contribution in [0.3, 0.4) is 0 Å². The number of hydrogen-bond donors (Lipinski definition) is 1. The number of carbonyl (C=O) groups excluding carboxylic acids is 1. The van der Waals surface area contributed by atoms with E-state index >= 15 is 0 Å². The number of aryl methyl sites for hydroxylation is 1. The minimum atomic E-state index is -0.00653. The van der Waals surface area contributed by atoms with Crippen molar-refractivity contribution in [2.75, 3.05) is 0 Å². The van der Waals surface area contributed by atoms with Crippen LogP contribution in [0.4, 0.5) is 0 Å². The summed E-state index contributed by atoms with van der Waals surface area (Å²) < 4.78 is 7.24. The molecule has 1 aromatic heterocycles. The molecule has 0 unspecified atom stereocenters. The summed E-state index contributed by atoms with van der Waals surface area (Å²) in [5, 5.41) is 11.1. The van der Waals surface area contributed by atoms with Crippen molar-refractivity contribution in [2.24, 2.45) is 0 Å². The van der Waals surface area contributed by atoms with Crippen LogP contribution in [0.5, 0.6) is 5.75 Å². The Morgan fingerprint density at radius 1 is 1.39 bits per heavy atom. The van der Waals surface area contributed by atoms with E-state index in [1.54, 1.807) is 10.9 Å². The highest BCUT2D eigenvalue weighted by Crippen LogP contribution is 2.17. The Hall–Kier alpha value is -2.37. The zero-order valence-electron chi connectivity index (χ0n) is 13.4. The van der Waals surface area contributed by atoms with Crippen LogP contribution < -0.4 is 10.1 Å². The Kier molecular flexibility index (Phi) is 4.90. The highest BCUT2D eigenvalue weighted by molar-refractivity contribution is 5.75. The maximum atomic E-state index is 12.0. The highest BCUT2D eigenvalue weighted by Gasteiger charge is 2.17. The lowest BCUT2D eigenvalue weighted by Gasteiger charge is -2.11. The maximum absolute atomic E-state index is 12.0. The van der Waals surface area contributed by atoms with Crippen molar-refractivity contribution in [1.82, 2.24) is 20.3 Å². The molecule has 0 saturated heterocycles. The van der Waals surface area contributed by atoms with E-state index in [-0.39, 0.29) is 12.5 Å². The molecule has 0 aliphatic heterocycles. The second-order valence-electron chi connectivity index (χ2n) is 6.06. The van der Waals surface area contributed by atoms with Crippen molar-refractivity contribution in [1.29, 1.82) is 0 Å². The van der Waals surface area contributed by atoms with Gasteiger partial charge in [-0.05, 0) is 37.5 Å². The van der Waals surface area contributed by atoms with Gasteiger partial charge in [0, 0.05) is 6.04 Å². The van der Waals surface area contributed by atoms with E-state index in [9.17, 15) is 4.79 Å². The van der Waals surface area contributed by atoms with Crippen molar-refractivity contribution in [3.05, 3.63) is 41.7 Å². The number of ether oxygens (including phenoxy) is 1. The third-order valence-electron chi connectivity index (χ3n) is 3.99. The number of amides is 1. The van der Waals surface area contributed by atoms with Crippen molar-refractivity contribution < 1.29 is 9.53 Å². The number of aromatic nitrogens is 3. The quantitative estimate of drug-likeness (QED) is 0.887. The lowest BCUT2D eigenvalue weighted by atomic mass is 10.2. The molecule has 1 amide bonds. The second kappa shape index (κ2) is 7.26. The molecule has 1 saturated carbocycles. The van der Waals surface area contributed by atoms with E-state index in [1.165, 1.54) is 12.8 Å². The Balaban J connectivity index is 1.48. The van der Waals surface area contributed by atoms with Gasteiger partial charge in [0.1, 0.15) is 24.6 Å². The summed E-state index contributed by atoms with van der Waals surface area (Å²) in [4.78, 5) is 12.0. The number of benzene rings is 1. The minimum absolute atomic E-state index is 0.00653. The smallest absolute Gasteiger partial charge is 0.242 e. The van der Waals surface area contributed by atoms with Crippen molar-refractivity contribution in [2.45, 2.75) is 51.8 Å². The topological polar surface area (TPSA) is 69.0 Å². The molecule has 0 spiro atoms. The Morgan fingerprint density at radius 2 is 2.22 bits per heavy atom. The first-order valence-corrected chi connectivity index (χ1v) is 8.07. The average molecular weight is 314 g/mol. The van der Waals surface area contributed by atoms with Crippen LogP contribution in [0.2, 0.25) is 0 Å². The molecule has 1 fully saturated rings. The molecule has 3 rings (SSSR count). The van der Waals surface area contributed by atoms with E-state index in [1.807, 2.05) is 31.2 Å². The van der Waals surface area contributed by atoms with Gasteiger partial charge in [0.15, 0.2) is 0 Å². The molecule has 0 radical (unpaired) electrons. The van der Waals surface area contributed by atoms with Gasteiger partial charge in [-0.2, -0.15) is 0 Å². The van der Waals surface area contributed by atoms with Gasteiger partial charge in [-0.15, -0.1) is 5.10 Å². The minimum Gasteiger partial charge on any atom is -0.487 e. The van der Waals surface area contributed by atoms with Crippen molar-refractivity contribution in [3.8, 4) is 5.75 Å². The fraction of sp³-hybridized carbons (Fsp3) is 0.471. The molecule has 2 aromatic rings. The summed E-state index contributed by atoms with van der Waals surface area (Å²) >= 11 is 0. The average Bonchev–Trinajstić information content (AvgIpc) is 3.17. The van der Waals surface area contributed by atoms with Crippen molar-refractivity contribution >= 4 is 5.91 Å². The van der Waals surface area contributed by atoms with E-state index in [2.05, 4.69) is 15.6 Å². The summed E-state index contributed by atoms with van der Waals surface area (Å²) in [5.41, 5.74) is 1.86. The van der Waals surface area contributed by atoms with Crippen LogP contribution in [-0.4, -0.2) is 26.9 Å². The fourth-order valence-corrected chi connectivity index (χ4v) is 2.83. The van der Waals surface area contributed by atoms with Gasteiger partial charge in [-0.1, -0.05) is 30.2 Å². The maximum Gasteiger partial charge on any atom is 0.242 e. The zero-order valence-corrected chi connectivity index (χ0v) is 13.4. The number of carbonyl (C=O) groups is 1. The first-order valence-electron chi connectivity index (χ1n) is 8.07. The van der Waals surface area contributed by atoms with Crippen LogP contribution in [0.1, 0.15) is 36.9 Å². The molecule has 6 nitrogen and oxygen atoms in total. The molecular formula is C17H22N4O2. The van der Waals surface area contributed by atoms with Gasteiger partial charge in [-0.3, -0.25) is 4.79 Å². The molecule has 0 bridgehead atoms. The van der Waals surface area contributed by atoms with Crippen LogP contribution >= 0.6 is 0 Å². The predicted octanol–water partition coefficient (Wildman–Crippen LogP) is 2.22. The Bertz CT molecular complexity index is 662. The van der Waals surface area contributed by atoms with Gasteiger partial charge >= 0.3 is 0 Å². The molecule has 1 aliphatic carbocycles. The Labute approximate surface area is 135 Å². The lowest BCUT2D eigenvalue weighted by molar-refractivity contribution is -0.122. The van der Waals surface area contributed by atoms with E-state index in [4.69, 9.17) is 4.74 Å². The number of nitrogens with one attached hydrogen (secondary N) is 1. The molecule has 1 aromatic carbocycles. The third-order valence-corrected chi connectivity index (χ3v) is 3.99. The van der Waals surface area contributed by atoms with Gasteiger partial charge in [0.05, 0.1) is 6.20 Å². The van der Waals surface area contributed by atoms with Gasteiger partial charge in [-0.25, -0.2) is 4.68 Å². The number of hydrogen-bond acceptors (Lipinski definition) is 4. The molecule has 1 heterocycles.